The molecule has 2 aromatic carbocycles. The Kier molecular flexibility index (Phi) is 3.59. The zero-order valence-electron chi connectivity index (χ0n) is 11.3. The van der Waals surface area contributed by atoms with Crippen LogP contribution in [-0.4, -0.2) is 9.55 Å². The quantitative estimate of drug-likeness (QED) is 0.798. The van der Waals surface area contributed by atoms with Crippen molar-refractivity contribution in [2.24, 2.45) is 12.8 Å². The van der Waals surface area contributed by atoms with Crippen LogP contribution in [0.2, 0.25) is 0 Å². The first-order valence-corrected chi connectivity index (χ1v) is 7.36. The van der Waals surface area contributed by atoms with Crippen LogP contribution in [0, 0.1) is 0 Å². The lowest BCUT2D eigenvalue weighted by molar-refractivity contribution is 0.665. The predicted octanol–water partition coefficient (Wildman–Crippen LogP) is 3.58. The number of hydrogen-bond donors (Lipinski definition) is 1. The van der Waals surface area contributed by atoms with Gasteiger partial charge in [-0.05, 0) is 29.8 Å². The molecular weight excluding hydrogens is 314 g/mol. The Morgan fingerprint density at radius 1 is 1.20 bits per heavy atom. The molecule has 102 valence electrons. The maximum Gasteiger partial charge on any atom is 0.111 e. The molecule has 0 radical (unpaired) electrons. The molecule has 0 saturated carbocycles. The van der Waals surface area contributed by atoms with Crippen molar-refractivity contribution in [1.82, 2.24) is 9.55 Å². The van der Waals surface area contributed by atoms with Crippen molar-refractivity contribution in [1.29, 1.82) is 0 Å². The van der Waals surface area contributed by atoms with E-state index in [1.165, 1.54) is 0 Å². The third kappa shape index (κ3) is 2.49. The van der Waals surface area contributed by atoms with Crippen molar-refractivity contribution in [2.45, 2.75) is 12.5 Å². The van der Waals surface area contributed by atoms with E-state index in [0.717, 1.165) is 33.3 Å². The van der Waals surface area contributed by atoms with Gasteiger partial charge < -0.3 is 10.3 Å². The van der Waals surface area contributed by atoms with Crippen molar-refractivity contribution in [3.63, 3.8) is 0 Å². The molecule has 1 unspecified atom stereocenters. The third-order valence-corrected chi connectivity index (χ3v) is 4.05. The molecule has 2 N–H and O–H groups in total. The molecule has 0 amide bonds. The average molecular weight is 330 g/mol. The predicted molar refractivity (Wildman–Crippen MR) is 85.5 cm³/mol. The lowest BCUT2D eigenvalue weighted by Gasteiger charge is -2.12. The molecule has 20 heavy (non-hydrogen) atoms. The fourth-order valence-electron chi connectivity index (χ4n) is 2.43. The second-order valence-electron chi connectivity index (χ2n) is 4.94. The summed E-state index contributed by atoms with van der Waals surface area (Å²) < 4.78 is 3.17. The van der Waals surface area contributed by atoms with Crippen LogP contribution in [0.3, 0.4) is 0 Å². The Hall–Kier alpha value is -1.65. The molecule has 1 aromatic heterocycles. The minimum atomic E-state index is -0.0528. The van der Waals surface area contributed by atoms with Crippen LogP contribution in [0.4, 0.5) is 0 Å². The number of nitrogens with zero attached hydrogens (tertiary/aromatic N) is 2. The molecule has 0 bridgehead atoms. The molecule has 3 aromatic rings. The Morgan fingerprint density at radius 2 is 2.00 bits per heavy atom. The van der Waals surface area contributed by atoms with Gasteiger partial charge in [0.15, 0.2) is 0 Å². The van der Waals surface area contributed by atoms with E-state index >= 15 is 0 Å². The van der Waals surface area contributed by atoms with Gasteiger partial charge >= 0.3 is 0 Å². The topological polar surface area (TPSA) is 43.8 Å². The average Bonchev–Trinajstić information content (AvgIpc) is 2.76. The highest BCUT2D eigenvalue weighted by molar-refractivity contribution is 9.10. The van der Waals surface area contributed by atoms with Crippen LogP contribution in [0.5, 0.6) is 0 Å². The summed E-state index contributed by atoms with van der Waals surface area (Å²) in [4.78, 5) is 4.67. The van der Waals surface area contributed by atoms with E-state index in [2.05, 4.69) is 43.7 Å². The number of benzene rings is 2. The van der Waals surface area contributed by atoms with Crippen LogP contribution in [-0.2, 0) is 13.5 Å². The summed E-state index contributed by atoms with van der Waals surface area (Å²) in [5, 5.41) is 0. The minimum absolute atomic E-state index is 0.0528. The number of nitrogens with two attached hydrogens (primary N) is 1. The zero-order valence-corrected chi connectivity index (χ0v) is 12.8. The number of aromatic nitrogens is 2. The molecule has 0 aliphatic rings. The fourth-order valence-corrected chi connectivity index (χ4v) is 2.85. The molecule has 3 nitrogen and oxygen atoms in total. The standard InChI is InChI=1S/C16H16BrN3/c1-20-15-8-3-2-7-14(15)19-16(20)10-13(18)11-5-4-6-12(17)9-11/h2-9,13H,10,18H2,1H3. The van der Waals surface area contributed by atoms with Crippen molar-refractivity contribution in [3.05, 3.63) is 64.4 Å². The smallest absolute Gasteiger partial charge is 0.111 e. The second kappa shape index (κ2) is 5.38. The minimum Gasteiger partial charge on any atom is -0.331 e. The van der Waals surface area contributed by atoms with Crippen LogP contribution in [0.1, 0.15) is 17.4 Å². The van der Waals surface area contributed by atoms with Crippen LogP contribution in [0.15, 0.2) is 53.0 Å². The van der Waals surface area contributed by atoms with E-state index in [4.69, 9.17) is 5.73 Å². The summed E-state index contributed by atoms with van der Waals surface area (Å²) >= 11 is 3.48. The number of rotatable bonds is 3. The molecule has 0 saturated heterocycles. The van der Waals surface area contributed by atoms with Crippen LogP contribution >= 0.6 is 15.9 Å². The summed E-state index contributed by atoms with van der Waals surface area (Å²) in [6.07, 6.45) is 0.724. The number of aryl methyl sites for hydroxylation is 1. The van der Waals surface area contributed by atoms with E-state index in [1.54, 1.807) is 0 Å². The summed E-state index contributed by atoms with van der Waals surface area (Å²) in [6.45, 7) is 0. The monoisotopic (exact) mass is 329 g/mol. The molecule has 0 fully saturated rings. The number of hydrogen-bond acceptors (Lipinski definition) is 2. The highest BCUT2D eigenvalue weighted by atomic mass is 79.9. The second-order valence-corrected chi connectivity index (χ2v) is 5.86. The van der Waals surface area contributed by atoms with E-state index in [-0.39, 0.29) is 6.04 Å². The third-order valence-electron chi connectivity index (χ3n) is 3.56. The first-order chi connectivity index (χ1) is 9.65. The molecule has 1 atom stereocenters. The molecule has 1 heterocycles. The highest BCUT2D eigenvalue weighted by Crippen LogP contribution is 2.21. The maximum absolute atomic E-state index is 6.31. The van der Waals surface area contributed by atoms with Gasteiger partial charge in [-0.3, -0.25) is 0 Å². The first-order valence-electron chi connectivity index (χ1n) is 6.56. The van der Waals surface area contributed by atoms with Gasteiger partial charge in [0.25, 0.3) is 0 Å². The molecule has 0 spiro atoms. The Bertz CT molecular complexity index is 748. The normalized spacial score (nSPS) is 12.8. The molecule has 4 heteroatoms. The number of fused-ring (bicyclic) bond motifs is 1. The lowest BCUT2D eigenvalue weighted by Crippen LogP contribution is -2.15. The largest absolute Gasteiger partial charge is 0.331 e. The van der Waals surface area contributed by atoms with Gasteiger partial charge in [0.05, 0.1) is 11.0 Å². The number of halogens is 1. The SMILES string of the molecule is Cn1c(CC(N)c2cccc(Br)c2)nc2ccccc21. The highest BCUT2D eigenvalue weighted by Gasteiger charge is 2.13. The van der Waals surface area contributed by atoms with Crippen molar-refractivity contribution < 1.29 is 0 Å². The Morgan fingerprint density at radius 3 is 2.75 bits per heavy atom. The fraction of sp³-hybridized carbons (Fsp3) is 0.188. The number of imidazole rings is 1. The molecule has 0 aliphatic heterocycles. The van der Waals surface area contributed by atoms with Gasteiger partial charge in [-0.1, -0.05) is 40.2 Å². The molecule has 3 rings (SSSR count). The zero-order chi connectivity index (χ0) is 14.1. The van der Waals surface area contributed by atoms with Gasteiger partial charge in [-0.15, -0.1) is 0 Å². The van der Waals surface area contributed by atoms with Crippen molar-refractivity contribution in [2.75, 3.05) is 0 Å². The lowest BCUT2D eigenvalue weighted by atomic mass is 10.0. The van der Waals surface area contributed by atoms with Crippen LogP contribution in [0.25, 0.3) is 11.0 Å². The van der Waals surface area contributed by atoms with Gasteiger partial charge in [-0.25, -0.2) is 4.98 Å². The summed E-state index contributed by atoms with van der Waals surface area (Å²) in [5.41, 5.74) is 9.59. The van der Waals surface area contributed by atoms with Crippen molar-refractivity contribution >= 4 is 27.0 Å². The van der Waals surface area contributed by atoms with Gasteiger partial charge in [0, 0.05) is 24.0 Å². The van der Waals surface area contributed by atoms with E-state index < -0.39 is 0 Å². The van der Waals surface area contributed by atoms with Gasteiger partial charge in [0.2, 0.25) is 0 Å². The Labute approximate surface area is 126 Å². The number of para-hydroxylation sites is 2. The summed E-state index contributed by atoms with van der Waals surface area (Å²) in [6, 6.07) is 16.2. The molecule has 0 aliphatic carbocycles. The van der Waals surface area contributed by atoms with Crippen molar-refractivity contribution in [3.8, 4) is 0 Å². The van der Waals surface area contributed by atoms with E-state index in [1.807, 2.05) is 37.4 Å². The summed E-state index contributed by atoms with van der Waals surface area (Å²) in [7, 11) is 2.04. The molecular formula is C16H16BrN3. The summed E-state index contributed by atoms with van der Waals surface area (Å²) in [5.74, 6) is 1.01. The maximum atomic E-state index is 6.31. The van der Waals surface area contributed by atoms with E-state index in [9.17, 15) is 0 Å². The Balaban J connectivity index is 1.91. The van der Waals surface area contributed by atoms with E-state index in [0.29, 0.717) is 0 Å². The van der Waals surface area contributed by atoms with Gasteiger partial charge in [0.1, 0.15) is 5.82 Å². The van der Waals surface area contributed by atoms with Gasteiger partial charge in [-0.2, -0.15) is 0 Å². The van der Waals surface area contributed by atoms with Crippen LogP contribution < -0.4 is 5.73 Å². The first kappa shape index (κ1) is 13.3.